The first-order valence-electron chi connectivity index (χ1n) is 5.49. The van der Waals surface area contributed by atoms with E-state index in [4.69, 9.17) is 4.74 Å². The molecule has 1 N–H and O–H groups in total. The van der Waals surface area contributed by atoms with Crippen molar-refractivity contribution in [1.82, 2.24) is 10.3 Å². The largest absolute Gasteiger partial charge is 0.378 e. The van der Waals surface area contributed by atoms with Crippen LogP contribution in [0.4, 0.5) is 0 Å². The molecule has 0 aliphatic heterocycles. The monoisotopic (exact) mass is 208 g/mol. The molecular formula is C12H20N2O. The predicted octanol–water partition coefficient (Wildman–Crippen LogP) is 1.64. The van der Waals surface area contributed by atoms with Gasteiger partial charge in [0.15, 0.2) is 0 Å². The minimum Gasteiger partial charge on any atom is -0.378 e. The lowest BCUT2D eigenvalue weighted by molar-refractivity contribution is 0.0626. The van der Waals surface area contributed by atoms with Gasteiger partial charge in [0.25, 0.3) is 0 Å². The minimum absolute atomic E-state index is 0.321. The summed E-state index contributed by atoms with van der Waals surface area (Å²) in [6.07, 6.45) is 4.09. The van der Waals surface area contributed by atoms with Crippen LogP contribution in [0, 0.1) is 0 Å². The number of nitrogens with zero attached hydrogens (tertiary/aromatic N) is 1. The van der Waals surface area contributed by atoms with Gasteiger partial charge >= 0.3 is 0 Å². The lowest BCUT2D eigenvalue weighted by Gasteiger charge is -2.12. The summed E-state index contributed by atoms with van der Waals surface area (Å²) in [5.41, 5.74) is 1.10. The summed E-state index contributed by atoms with van der Waals surface area (Å²) in [5, 5.41) is 3.11. The van der Waals surface area contributed by atoms with E-state index in [1.807, 2.05) is 31.4 Å². The molecule has 15 heavy (non-hydrogen) atoms. The zero-order valence-corrected chi connectivity index (χ0v) is 9.57. The van der Waals surface area contributed by atoms with E-state index in [1.54, 1.807) is 0 Å². The molecule has 0 aliphatic carbocycles. The molecule has 0 aliphatic rings. The van der Waals surface area contributed by atoms with E-state index in [-0.39, 0.29) is 0 Å². The van der Waals surface area contributed by atoms with Crippen molar-refractivity contribution in [3.63, 3.8) is 0 Å². The number of rotatable bonds is 7. The van der Waals surface area contributed by atoms with Crippen LogP contribution in [0.3, 0.4) is 0 Å². The average molecular weight is 208 g/mol. The SMILES string of the molecule is CNCCC(C)OCCc1ccccn1. The fourth-order valence-electron chi connectivity index (χ4n) is 1.34. The van der Waals surface area contributed by atoms with E-state index in [0.717, 1.165) is 31.7 Å². The molecule has 0 fully saturated rings. The molecule has 0 saturated carbocycles. The normalized spacial score (nSPS) is 12.7. The summed E-state index contributed by atoms with van der Waals surface area (Å²) in [5.74, 6) is 0. The maximum atomic E-state index is 5.67. The summed E-state index contributed by atoms with van der Waals surface area (Å²) in [7, 11) is 1.96. The van der Waals surface area contributed by atoms with Gasteiger partial charge in [-0.3, -0.25) is 4.98 Å². The zero-order valence-electron chi connectivity index (χ0n) is 9.57. The van der Waals surface area contributed by atoms with Gasteiger partial charge in [-0.25, -0.2) is 0 Å². The Labute approximate surface area is 91.9 Å². The van der Waals surface area contributed by atoms with Crippen molar-refractivity contribution in [3.8, 4) is 0 Å². The summed E-state index contributed by atoms with van der Waals surface area (Å²) >= 11 is 0. The first kappa shape index (κ1) is 12.1. The van der Waals surface area contributed by atoms with Gasteiger partial charge in [0.2, 0.25) is 0 Å². The van der Waals surface area contributed by atoms with Crippen LogP contribution in [0.25, 0.3) is 0 Å². The Hall–Kier alpha value is -0.930. The number of pyridine rings is 1. The maximum absolute atomic E-state index is 5.67. The molecular weight excluding hydrogens is 188 g/mol. The van der Waals surface area contributed by atoms with E-state index < -0.39 is 0 Å². The number of hydrogen-bond acceptors (Lipinski definition) is 3. The van der Waals surface area contributed by atoms with E-state index in [0.29, 0.717) is 6.10 Å². The van der Waals surface area contributed by atoms with Gasteiger partial charge in [0, 0.05) is 18.3 Å². The van der Waals surface area contributed by atoms with Crippen molar-refractivity contribution in [3.05, 3.63) is 30.1 Å². The van der Waals surface area contributed by atoms with Crippen molar-refractivity contribution in [1.29, 1.82) is 0 Å². The standard InChI is InChI=1S/C12H20N2O/c1-11(6-9-13-2)15-10-7-12-5-3-4-8-14-12/h3-5,8,11,13H,6-7,9-10H2,1-2H3. The third-order valence-electron chi connectivity index (χ3n) is 2.29. The third kappa shape index (κ3) is 5.50. The van der Waals surface area contributed by atoms with Gasteiger partial charge in [-0.15, -0.1) is 0 Å². The zero-order chi connectivity index (χ0) is 10.9. The van der Waals surface area contributed by atoms with E-state index in [2.05, 4.69) is 17.2 Å². The Morgan fingerprint density at radius 3 is 3.00 bits per heavy atom. The van der Waals surface area contributed by atoms with Crippen LogP contribution in [-0.2, 0) is 11.2 Å². The van der Waals surface area contributed by atoms with Crippen LogP contribution < -0.4 is 5.32 Å². The van der Waals surface area contributed by atoms with Crippen LogP contribution in [0.2, 0.25) is 0 Å². The molecule has 1 rings (SSSR count). The molecule has 1 unspecified atom stereocenters. The molecule has 0 bridgehead atoms. The quantitative estimate of drug-likeness (QED) is 0.739. The Morgan fingerprint density at radius 1 is 1.47 bits per heavy atom. The number of nitrogens with one attached hydrogen (secondary N) is 1. The van der Waals surface area contributed by atoms with E-state index in [9.17, 15) is 0 Å². The van der Waals surface area contributed by atoms with Crippen molar-refractivity contribution >= 4 is 0 Å². The van der Waals surface area contributed by atoms with Crippen molar-refractivity contribution in [2.75, 3.05) is 20.2 Å². The first-order valence-corrected chi connectivity index (χ1v) is 5.49. The third-order valence-corrected chi connectivity index (χ3v) is 2.29. The van der Waals surface area contributed by atoms with Crippen LogP contribution >= 0.6 is 0 Å². The van der Waals surface area contributed by atoms with Crippen LogP contribution in [0.15, 0.2) is 24.4 Å². The Balaban J connectivity index is 2.11. The molecule has 0 amide bonds. The van der Waals surface area contributed by atoms with Gasteiger partial charge in [-0.05, 0) is 39.1 Å². The van der Waals surface area contributed by atoms with Crippen molar-refractivity contribution in [2.24, 2.45) is 0 Å². The molecule has 1 aromatic heterocycles. The molecule has 1 heterocycles. The highest BCUT2D eigenvalue weighted by molar-refractivity contribution is 5.03. The molecule has 1 aromatic rings. The molecule has 0 aromatic carbocycles. The average Bonchev–Trinajstić information content (AvgIpc) is 2.28. The number of hydrogen-bond donors (Lipinski definition) is 1. The fraction of sp³-hybridized carbons (Fsp3) is 0.583. The molecule has 1 atom stereocenters. The summed E-state index contributed by atoms with van der Waals surface area (Å²) < 4.78 is 5.67. The Kier molecular flexibility index (Phi) is 5.97. The Morgan fingerprint density at radius 2 is 2.33 bits per heavy atom. The minimum atomic E-state index is 0.321. The highest BCUT2D eigenvalue weighted by Gasteiger charge is 2.01. The highest BCUT2D eigenvalue weighted by atomic mass is 16.5. The van der Waals surface area contributed by atoms with Crippen LogP contribution in [0.1, 0.15) is 19.0 Å². The highest BCUT2D eigenvalue weighted by Crippen LogP contribution is 1.99. The van der Waals surface area contributed by atoms with Gasteiger partial charge in [-0.1, -0.05) is 6.07 Å². The van der Waals surface area contributed by atoms with Gasteiger partial charge < -0.3 is 10.1 Å². The lowest BCUT2D eigenvalue weighted by Crippen LogP contribution is -2.18. The van der Waals surface area contributed by atoms with E-state index >= 15 is 0 Å². The smallest absolute Gasteiger partial charge is 0.0559 e. The second-order valence-corrected chi connectivity index (χ2v) is 3.64. The molecule has 0 spiro atoms. The van der Waals surface area contributed by atoms with Crippen LogP contribution in [-0.4, -0.2) is 31.3 Å². The van der Waals surface area contributed by atoms with Gasteiger partial charge in [0.1, 0.15) is 0 Å². The predicted molar refractivity (Wildman–Crippen MR) is 61.9 cm³/mol. The molecule has 0 saturated heterocycles. The number of ether oxygens (including phenoxy) is 1. The first-order chi connectivity index (χ1) is 7.33. The summed E-state index contributed by atoms with van der Waals surface area (Å²) in [4.78, 5) is 4.25. The fourth-order valence-corrected chi connectivity index (χ4v) is 1.34. The lowest BCUT2D eigenvalue weighted by atomic mass is 10.2. The molecule has 3 heteroatoms. The Bertz CT molecular complexity index is 251. The summed E-state index contributed by atoms with van der Waals surface area (Å²) in [6.45, 7) is 3.86. The number of aromatic nitrogens is 1. The summed E-state index contributed by atoms with van der Waals surface area (Å²) in [6, 6.07) is 5.97. The van der Waals surface area contributed by atoms with Crippen molar-refractivity contribution in [2.45, 2.75) is 25.9 Å². The van der Waals surface area contributed by atoms with E-state index in [1.165, 1.54) is 0 Å². The second-order valence-electron chi connectivity index (χ2n) is 3.64. The topological polar surface area (TPSA) is 34.1 Å². The van der Waals surface area contributed by atoms with Gasteiger partial charge in [-0.2, -0.15) is 0 Å². The molecule has 84 valence electrons. The van der Waals surface area contributed by atoms with Crippen LogP contribution in [0.5, 0.6) is 0 Å². The molecule has 3 nitrogen and oxygen atoms in total. The van der Waals surface area contributed by atoms with Gasteiger partial charge in [0.05, 0.1) is 12.7 Å². The van der Waals surface area contributed by atoms with Crippen molar-refractivity contribution < 1.29 is 4.74 Å². The maximum Gasteiger partial charge on any atom is 0.0559 e. The second kappa shape index (κ2) is 7.37. The molecule has 0 radical (unpaired) electrons.